The Hall–Kier alpha value is -1.85. The first-order chi connectivity index (χ1) is 12.8. The molecule has 1 heterocycles. The second-order valence-electron chi connectivity index (χ2n) is 7.83. The zero-order valence-electron chi connectivity index (χ0n) is 15.8. The molecular formula is C22H26BrNO3. The SMILES string of the molecule is CC(C)(O)C[C@]1(c2ccccc2)CCN(CCc2ccc(Br)cc2)C(=O)O1. The molecule has 0 radical (unpaired) electrons. The molecule has 5 heteroatoms. The van der Waals surface area contributed by atoms with Crippen LogP contribution in [0.1, 0.15) is 37.8 Å². The van der Waals surface area contributed by atoms with Gasteiger partial charge in [0.2, 0.25) is 0 Å². The van der Waals surface area contributed by atoms with Crippen LogP contribution in [0.5, 0.6) is 0 Å². The first-order valence-electron chi connectivity index (χ1n) is 9.28. The molecule has 1 fully saturated rings. The number of carbonyl (C=O) groups is 1. The lowest BCUT2D eigenvalue weighted by atomic mass is 9.80. The Morgan fingerprint density at radius 2 is 1.81 bits per heavy atom. The van der Waals surface area contributed by atoms with Crippen molar-refractivity contribution >= 4 is 22.0 Å². The number of aliphatic hydroxyl groups is 1. The van der Waals surface area contributed by atoms with Crippen molar-refractivity contribution in [1.82, 2.24) is 4.90 Å². The molecule has 4 nitrogen and oxygen atoms in total. The van der Waals surface area contributed by atoms with Crippen LogP contribution in [0.15, 0.2) is 59.1 Å². The van der Waals surface area contributed by atoms with E-state index in [1.165, 1.54) is 5.56 Å². The third-order valence-corrected chi connectivity index (χ3v) is 5.46. The highest BCUT2D eigenvalue weighted by atomic mass is 79.9. The first-order valence-corrected chi connectivity index (χ1v) is 10.1. The minimum atomic E-state index is -0.935. The third-order valence-electron chi connectivity index (χ3n) is 4.93. The number of nitrogens with zero attached hydrogens (tertiary/aromatic N) is 1. The molecule has 1 N–H and O–H groups in total. The summed E-state index contributed by atoms with van der Waals surface area (Å²) in [7, 11) is 0. The van der Waals surface area contributed by atoms with Crippen molar-refractivity contribution in [2.24, 2.45) is 0 Å². The van der Waals surface area contributed by atoms with Crippen LogP contribution in [0.2, 0.25) is 0 Å². The molecule has 1 saturated heterocycles. The lowest BCUT2D eigenvalue weighted by Crippen LogP contribution is -2.51. The third kappa shape index (κ3) is 5.11. The summed E-state index contributed by atoms with van der Waals surface area (Å²) in [6.45, 7) is 4.74. The van der Waals surface area contributed by atoms with Crippen LogP contribution in [-0.2, 0) is 16.8 Å². The van der Waals surface area contributed by atoms with Gasteiger partial charge >= 0.3 is 6.09 Å². The molecule has 144 valence electrons. The van der Waals surface area contributed by atoms with Crippen molar-refractivity contribution in [3.63, 3.8) is 0 Å². The van der Waals surface area contributed by atoms with E-state index in [0.717, 1.165) is 16.5 Å². The van der Waals surface area contributed by atoms with Gasteiger partial charge in [0.25, 0.3) is 0 Å². The van der Waals surface area contributed by atoms with Crippen molar-refractivity contribution in [2.45, 2.75) is 44.3 Å². The molecule has 0 saturated carbocycles. The minimum absolute atomic E-state index is 0.313. The molecule has 0 aromatic heterocycles. The summed E-state index contributed by atoms with van der Waals surface area (Å²) >= 11 is 3.44. The second kappa shape index (κ2) is 8.03. The highest BCUT2D eigenvalue weighted by Gasteiger charge is 2.45. The first kappa shape index (κ1) is 19.9. The molecule has 1 atom stereocenters. The van der Waals surface area contributed by atoms with E-state index in [1.807, 2.05) is 42.5 Å². The number of cyclic esters (lactones) is 1. The van der Waals surface area contributed by atoms with Gasteiger partial charge in [-0.3, -0.25) is 0 Å². The summed E-state index contributed by atoms with van der Waals surface area (Å²) in [5, 5.41) is 10.4. The van der Waals surface area contributed by atoms with E-state index in [9.17, 15) is 9.90 Å². The van der Waals surface area contributed by atoms with Crippen molar-refractivity contribution in [3.05, 3.63) is 70.2 Å². The maximum atomic E-state index is 12.8. The number of benzene rings is 2. The minimum Gasteiger partial charge on any atom is -0.438 e. The van der Waals surface area contributed by atoms with E-state index in [2.05, 4.69) is 28.1 Å². The predicted molar refractivity (Wildman–Crippen MR) is 110 cm³/mol. The van der Waals surface area contributed by atoms with Gasteiger partial charge in [0, 0.05) is 30.4 Å². The summed E-state index contributed by atoms with van der Waals surface area (Å²) in [4.78, 5) is 14.5. The number of hydrogen-bond donors (Lipinski definition) is 1. The summed E-state index contributed by atoms with van der Waals surface area (Å²) in [5.41, 5.74) is 0.399. The maximum absolute atomic E-state index is 12.8. The fourth-order valence-corrected chi connectivity index (χ4v) is 3.94. The topological polar surface area (TPSA) is 49.8 Å². The summed E-state index contributed by atoms with van der Waals surface area (Å²) in [6, 6.07) is 17.9. The Kier molecular flexibility index (Phi) is 5.92. The average molecular weight is 432 g/mol. The Labute approximate surface area is 169 Å². The molecule has 0 unspecified atom stereocenters. The largest absolute Gasteiger partial charge is 0.438 e. The van der Waals surface area contributed by atoms with Crippen LogP contribution in [0.3, 0.4) is 0 Å². The molecule has 3 rings (SSSR count). The van der Waals surface area contributed by atoms with Gasteiger partial charge in [-0.1, -0.05) is 58.4 Å². The van der Waals surface area contributed by atoms with Crippen molar-refractivity contribution in [1.29, 1.82) is 0 Å². The monoisotopic (exact) mass is 431 g/mol. The van der Waals surface area contributed by atoms with Crippen LogP contribution >= 0.6 is 15.9 Å². The molecule has 2 aromatic rings. The number of carbonyl (C=O) groups excluding carboxylic acids is 1. The van der Waals surface area contributed by atoms with Crippen molar-refractivity contribution < 1.29 is 14.6 Å². The fraction of sp³-hybridized carbons (Fsp3) is 0.409. The van der Waals surface area contributed by atoms with E-state index in [4.69, 9.17) is 4.74 Å². The zero-order valence-corrected chi connectivity index (χ0v) is 17.4. The van der Waals surface area contributed by atoms with E-state index in [1.54, 1.807) is 18.7 Å². The quantitative estimate of drug-likeness (QED) is 0.707. The Morgan fingerprint density at radius 3 is 2.41 bits per heavy atom. The van der Waals surface area contributed by atoms with E-state index >= 15 is 0 Å². The Bertz CT molecular complexity index is 770. The van der Waals surface area contributed by atoms with Crippen molar-refractivity contribution in [3.8, 4) is 0 Å². The summed E-state index contributed by atoms with van der Waals surface area (Å²) in [5.74, 6) is 0. The number of ether oxygens (including phenoxy) is 1. The molecular weight excluding hydrogens is 406 g/mol. The summed E-state index contributed by atoms with van der Waals surface area (Å²) < 4.78 is 7.02. The van der Waals surface area contributed by atoms with Gasteiger partial charge < -0.3 is 14.7 Å². The van der Waals surface area contributed by atoms with Crippen LogP contribution in [-0.4, -0.2) is 34.8 Å². The number of hydrogen-bond acceptors (Lipinski definition) is 3. The van der Waals surface area contributed by atoms with Gasteiger partial charge in [0.15, 0.2) is 0 Å². The molecule has 0 bridgehead atoms. The average Bonchev–Trinajstić information content (AvgIpc) is 2.62. The second-order valence-corrected chi connectivity index (χ2v) is 8.75. The molecule has 2 aromatic carbocycles. The van der Waals surface area contributed by atoms with Gasteiger partial charge in [-0.15, -0.1) is 0 Å². The lowest BCUT2D eigenvalue weighted by molar-refractivity contribution is -0.0960. The van der Waals surface area contributed by atoms with Gasteiger partial charge in [0.05, 0.1) is 5.60 Å². The van der Waals surface area contributed by atoms with Crippen LogP contribution < -0.4 is 0 Å². The van der Waals surface area contributed by atoms with Crippen LogP contribution in [0, 0.1) is 0 Å². The van der Waals surface area contributed by atoms with Gasteiger partial charge in [0.1, 0.15) is 5.60 Å². The Balaban J connectivity index is 1.72. The highest BCUT2D eigenvalue weighted by molar-refractivity contribution is 9.10. The fourth-order valence-electron chi connectivity index (χ4n) is 3.68. The number of halogens is 1. The molecule has 1 amide bonds. The lowest BCUT2D eigenvalue weighted by Gasteiger charge is -2.44. The Morgan fingerprint density at radius 1 is 1.15 bits per heavy atom. The molecule has 0 spiro atoms. The summed E-state index contributed by atoms with van der Waals surface area (Å²) in [6.07, 6.45) is 1.50. The normalized spacial score (nSPS) is 20.4. The molecule has 0 aliphatic carbocycles. The molecule has 1 aliphatic rings. The number of rotatable bonds is 6. The predicted octanol–water partition coefficient (Wildman–Crippen LogP) is 4.89. The zero-order chi connectivity index (χ0) is 19.5. The van der Waals surface area contributed by atoms with E-state index in [0.29, 0.717) is 25.9 Å². The van der Waals surface area contributed by atoms with Gasteiger partial charge in [-0.25, -0.2) is 4.79 Å². The highest BCUT2D eigenvalue weighted by Crippen LogP contribution is 2.40. The van der Waals surface area contributed by atoms with Crippen LogP contribution in [0.25, 0.3) is 0 Å². The standard InChI is InChI=1S/C22H26BrNO3/c1-21(2,26)16-22(18-6-4-3-5-7-18)13-15-24(20(25)27-22)14-12-17-8-10-19(23)11-9-17/h3-11,26H,12-16H2,1-2H3/t22-/m0/s1. The van der Waals surface area contributed by atoms with Crippen molar-refractivity contribution in [2.75, 3.05) is 13.1 Å². The van der Waals surface area contributed by atoms with Gasteiger partial charge in [-0.05, 0) is 43.5 Å². The molecule has 1 aliphatic heterocycles. The molecule has 27 heavy (non-hydrogen) atoms. The maximum Gasteiger partial charge on any atom is 0.410 e. The van der Waals surface area contributed by atoms with E-state index < -0.39 is 11.2 Å². The smallest absolute Gasteiger partial charge is 0.410 e. The number of amides is 1. The van der Waals surface area contributed by atoms with E-state index in [-0.39, 0.29) is 6.09 Å². The van der Waals surface area contributed by atoms with Gasteiger partial charge in [-0.2, -0.15) is 0 Å². The van der Waals surface area contributed by atoms with Crippen LogP contribution in [0.4, 0.5) is 4.79 Å².